The first-order chi connectivity index (χ1) is 39.4. The summed E-state index contributed by atoms with van der Waals surface area (Å²) in [7, 11) is 0. The fourth-order valence-corrected chi connectivity index (χ4v) is 13.0. The molecule has 376 valence electrons. The average Bonchev–Trinajstić information content (AvgIpc) is 4.43. The molecule has 11 aromatic carbocycles. The normalized spacial score (nSPS) is 12.7. The van der Waals surface area contributed by atoms with Crippen LogP contribution in [0, 0.1) is 0 Å². The summed E-state index contributed by atoms with van der Waals surface area (Å²) in [6.45, 7) is 4.82. The smallest absolute Gasteiger partial charge is 0.164 e. The lowest BCUT2D eigenvalue weighted by Gasteiger charge is -2.22. The molecule has 0 unspecified atom stereocenters. The number of nitrogens with zero attached hydrogens (tertiary/aromatic N) is 6. The van der Waals surface area contributed by atoms with Gasteiger partial charge in [0.2, 0.25) is 0 Å². The van der Waals surface area contributed by atoms with Gasteiger partial charge in [-0.25, -0.2) is 15.0 Å². The average molecular weight is 1020 g/mol. The Balaban J connectivity index is 0.892. The van der Waals surface area contributed by atoms with E-state index in [1.54, 1.807) is 0 Å². The Bertz CT molecular complexity index is 4880. The van der Waals surface area contributed by atoms with E-state index in [0.29, 0.717) is 17.5 Å². The monoisotopic (exact) mass is 1020 g/mol. The maximum atomic E-state index is 5.07. The molecule has 0 amide bonds. The first kappa shape index (κ1) is 45.7. The zero-order valence-electron chi connectivity index (χ0n) is 44.1. The molecule has 4 aromatic heterocycles. The van der Waals surface area contributed by atoms with Crippen molar-refractivity contribution in [2.75, 3.05) is 0 Å². The number of fused-ring (bicyclic) bond motifs is 12. The van der Waals surface area contributed by atoms with E-state index in [1.165, 1.54) is 82.5 Å². The molecule has 0 saturated heterocycles. The molecule has 0 spiro atoms. The van der Waals surface area contributed by atoms with Crippen molar-refractivity contribution in [3.63, 3.8) is 0 Å². The Kier molecular flexibility index (Phi) is 10.2. The third-order valence-corrected chi connectivity index (χ3v) is 16.7. The van der Waals surface area contributed by atoms with E-state index >= 15 is 0 Å². The minimum Gasteiger partial charge on any atom is -0.309 e. The molecule has 0 fully saturated rings. The molecule has 0 saturated carbocycles. The third kappa shape index (κ3) is 7.02. The van der Waals surface area contributed by atoms with Gasteiger partial charge >= 0.3 is 0 Å². The Morgan fingerprint density at radius 3 is 1.43 bits per heavy atom. The van der Waals surface area contributed by atoms with Gasteiger partial charge in [0.1, 0.15) is 0 Å². The van der Waals surface area contributed by atoms with Crippen LogP contribution < -0.4 is 0 Å². The van der Waals surface area contributed by atoms with Crippen LogP contribution in [0.25, 0.3) is 139 Å². The number of hydrogen-bond donors (Lipinski definition) is 0. The van der Waals surface area contributed by atoms with Crippen LogP contribution in [-0.2, 0) is 5.41 Å². The summed E-state index contributed by atoms with van der Waals surface area (Å²) >= 11 is 0. The van der Waals surface area contributed by atoms with Crippen LogP contribution >= 0.6 is 0 Å². The zero-order chi connectivity index (χ0) is 53.1. The topological polar surface area (TPSA) is 53.5 Å². The van der Waals surface area contributed by atoms with Crippen molar-refractivity contribution >= 4 is 54.5 Å². The van der Waals surface area contributed by atoms with Crippen molar-refractivity contribution in [2.24, 2.45) is 0 Å². The lowest BCUT2D eigenvalue weighted by Crippen LogP contribution is -2.15. The van der Waals surface area contributed by atoms with E-state index in [-0.39, 0.29) is 5.41 Å². The second kappa shape index (κ2) is 17.8. The van der Waals surface area contributed by atoms with Gasteiger partial charge in [-0.3, -0.25) is 0 Å². The van der Waals surface area contributed by atoms with Crippen molar-refractivity contribution in [2.45, 2.75) is 19.3 Å². The van der Waals surface area contributed by atoms with Crippen LogP contribution in [0.5, 0.6) is 0 Å². The summed E-state index contributed by atoms with van der Waals surface area (Å²) in [5.74, 6) is 1.91. The van der Waals surface area contributed by atoms with Crippen molar-refractivity contribution < 1.29 is 0 Å². The second-order valence-corrected chi connectivity index (χ2v) is 21.6. The summed E-state index contributed by atoms with van der Waals surface area (Å²) in [5, 5.41) is 6.17. The van der Waals surface area contributed by atoms with Crippen LogP contribution in [0.2, 0.25) is 0 Å². The molecule has 6 heteroatoms. The van der Waals surface area contributed by atoms with Gasteiger partial charge in [-0.2, -0.15) is 0 Å². The van der Waals surface area contributed by atoms with Gasteiger partial charge in [0.25, 0.3) is 0 Å². The highest BCUT2D eigenvalue weighted by molar-refractivity contribution is 6.22. The maximum absolute atomic E-state index is 5.07. The van der Waals surface area contributed by atoms with Crippen LogP contribution in [-0.4, -0.2) is 28.7 Å². The highest BCUT2D eigenvalue weighted by atomic mass is 15.0. The molecule has 15 aromatic rings. The summed E-state index contributed by atoms with van der Waals surface area (Å²) < 4.78 is 7.43. The van der Waals surface area contributed by atoms with E-state index < -0.39 is 0 Å². The summed E-state index contributed by atoms with van der Waals surface area (Å²) in [6.07, 6.45) is 0. The second-order valence-electron chi connectivity index (χ2n) is 21.6. The first-order valence-corrected chi connectivity index (χ1v) is 27.4. The van der Waals surface area contributed by atoms with Gasteiger partial charge in [-0.1, -0.05) is 202 Å². The molecule has 1 aliphatic rings. The molecule has 16 rings (SSSR count). The van der Waals surface area contributed by atoms with E-state index in [9.17, 15) is 0 Å². The fourth-order valence-electron chi connectivity index (χ4n) is 13.0. The molecule has 0 aliphatic heterocycles. The molecule has 80 heavy (non-hydrogen) atoms. The van der Waals surface area contributed by atoms with E-state index in [0.717, 1.165) is 50.4 Å². The predicted molar refractivity (Wildman–Crippen MR) is 330 cm³/mol. The van der Waals surface area contributed by atoms with Crippen molar-refractivity contribution in [3.8, 4) is 84.7 Å². The Morgan fingerprint density at radius 2 is 0.762 bits per heavy atom. The largest absolute Gasteiger partial charge is 0.309 e. The predicted octanol–water partition coefficient (Wildman–Crippen LogP) is 18.7. The Labute approximate surface area is 462 Å². The lowest BCUT2D eigenvalue weighted by atomic mass is 9.81. The SMILES string of the molecule is CC1(C)c2ccccc2-c2c1c1c(ccc3c4cc(-c5ccc6c(c5)c5ccccc5n6-c5ccccc5)ccc4n(-c4ccc(-c5cccc(-c6nc(-c7ccccc7)nc(-c7ccccc7)n6)c5)cc4)c31)n2-c1ccccc1. The summed E-state index contributed by atoms with van der Waals surface area (Å²) in [4.78, 5) is 15.1. The minimum absolute atomic E-state index is 0.281. The molecule has 0 atom stereocenters. The molecule has 0 radical (unpaired) electrons. The van der Waals surface area contributed by atoms with Crippen molar-refractivity contribution in [1.29, 1.82) is 0 Å². The minimum atomic E-state index is -0.281. The molecule has 6 nitrogen and oxygen atoms in total. The van der Waals surface area contributed by atoms with Crippen LogP contribution in [0.15, 0.2) is 267 Å². The standard InChI is InChI=1S/C74H50N6/c1-74(2)62-32-17-15-31-59(62)70-68(74)67-66(80(70)55-28-13-6-14-29-55)43-40-58-61-46-52(51-36-41-64-60(45-51)57-30-16-18-33-63(57)78(64)54-26-11-5-12-27-54)37-42-65(61)79(69(58)67)56-38-34-47(35-39-56)50-24-19-25-53(44-50)73-76-71(48-20-7-3-8-21-48)75-72(77-73)49-22-9-4-10-23-49/h3-46H,1-2H3. The molecule has 4 heterocycles. The lowest BCUT2D eigenvalue weighted by molar-refractivity contribution is 0.666. The number of para-hydroxylation sites is 3. The quantitative estimate of drug-likeness (QED) is 0.152. The number of aromatic nitrogens is 6. The third-order valence-electron chi connectivity index (χ3n) is 16.7. The van der Waals surface area contributed by atoms with Crippen molar-refractivity contribution in [3.05, 3.63) is 278 Å². The summed E-state index contributed by atoms with van der Waals surface area (Å²) in [6, 6.07) is 96.2. The van der Waals surface area contributed by atoms with Crippen LogP contribution in [0.4, 0.5) is 0 Å². The van der Waals surface area contributed by atoms with Gasteiger partial charge in [0.05, 0.1) is 33.3 Å². The van der Waals surface area contributed by atoms with E-state index in [1.807, 2.05) is 60.7 Å². The summed E-state index contributed by atoms with van der Waals surface area (Å²) in [5.41, 5.74) is 21.6. The highest BCUT2D eigenvalue weighted by Gasteiger charge is 2.41. The number of hydrogen-bond acceptors (Lipinski definition) is 3. The fraction of sp³-hybridized carbons (Fsp3) is 0.0405. The maximum Gasteiger partial charge on any atom is 0.164 e. The molecule has 0 N–H and O–H groups in total. The Morgan fingerprint density at radius 1 is 0.300 bits per heavy atom. The van der Waals surface area contributed by atoms with E-state index in [4.69, 9.17) is 15.0 Å². The Hall–Kier alpha value is -10.4. The molecular weight excluding hydrogens is 973 g/mol. The van der Waals surface area contributed by atoms with Gasteiger partial charge in [0, 0.05) is 71.7 Å². The number of benzene rings is 11. The van der Waals surface area contributed by atoms with Gasteiger partial charge in [-0.15, -0.1) is 0 Å². The number of rotatable bonds is 8. The van der Waals surface area contributed by atoms with Crippen molar-refractivity contribution in [1.82, 2.24) is 28.7 Å². The zero-order valence-corrected chi connectivity index (χ0v) is 44.1. The van der Waals surface area contributed by atoms with Crippen LogP contribution in [0.1, 0.15) is 25.0 Å². The van der Waals surface area contributed by atoms with Gasteiger partial charge in [-0.05, 0) is 112 Å². The first-order valence-electron chi connectivity index (χ1n) is 27.4. The molecular formula is C74H50N6. The molecule has 1 aliphatic carbocycles. The van der Waals surface area contributed by atoms with Crippen LogP contribution in [0.3, 0.4) is 0 Å². The molecule has 0 bridgehead atoms. The van der Waals surface area contributed by atoms with Gasteiger partial charge in [0.15, 0.2) is 17.5 Å². The van der Waals surface area contributed by atoms with E-state index in [2.05, 4.69) is 234 Å². The van der Waals surface area contributed by atoms with Gasteiger partial charge < -0.3 is 13.7 Å². The highest BCUT2D eigenvalue weighted by Crippen LogP contribution is 2.56.